The molecule has 0 radical (unpaired) electrons. The average Bonchev–Trinajstić information content (AvgIpc) is 3.30. The lowest BCUT2D eigenvalue weighted by Crippen LogP contribution is -2.43. The van der Waals surface area contributed by atoms with Crippen LogP contribution in [0.1, 0.15) is 62.6 Å². The van der Waals surface area contributed by atoms with E-state index < -0.39 is 11.5 Å². The molecule has 0 spiro atoms. The highest BCUT2D eigenvalue weighted by atomic mass is 16.5. The summed E-state index contributed by atoms with van der Waals surface area (Å²) in [6, 6.07) is 15.2. The molecule has 164 valence electrons. The van der Waals surface area contributed by atoms with Crippen LogP contribution in [-0.4, -0.2) is 23.7 Å². The summed E-state index contributed by atoms with van der Waals surface area (Å²) in [6.07, 6.45) is 5.23. The van der Waals surface area contributed by atoms with Crippen molar-refractivity contribution < 1.29 is 14.6 Å². The van der Waals surface area contributed by atoms with Crippen molar-refractivity contribution in [1.29, 1.82) is 5.26 Å². The summed E-state index contributed by atoms with van der Waals surface area (Å²) in [5.74, 6) is -0.286. The van der Waals surface area contributed by atoms with Crippen LogP contribution in [0.2, 0.25) is 0 Å². The van der Waals surface area contributed by atoms with Crippen LogP contribution in [0.15, 0.2) is 42.5 Å². The third-order valence-electron chi connectivity index (χ3n) is 5.99. The van der Waals surface area contributed by atoms with Crippen LogP contribution in [0.5, 0.6) is 5.75 Å². The smallest absolute Gasteiger partial charge is 0.334 e. The zero-order chi connectivity index (χ0) is 22.3. The minimum atomic E-state index is -1.32. The maximum atomic E-state index is 12.6. The highest BCUT2D eigenvalue weighted by Gasteiger charge is 2.39. The van der Waals surface area contributed by atoms with E-state index in [1.54, 1.807) is 24.3 Å². The SMILES string of the molecule is CCOc1cc(CNC2CCCC2)cc(C(CC)(Nc2ccc(C#N)cc2)C(=O)O)c1. The van der Waals surface area contributed by atoms with Gasteiger partial charge >= 0.3 is 5.97 Å². The summed E-state index contributed by atoms with van der Waals surface area (Å²) in [5, 5.41) is 26.1. The van der Waals surface area contributed by atoms with Gasteiger partial charge in [-0.15, -0.1) is 0 Å². The number of hydrogen-bond donors (Lipinski definition) is 3. The largest absolute Gasteiger partial charge is 0.494 e. The third-order valence-corrected chi connectivity index (χ3v) is 5.99. The number of carboxylic acids is 1. The fourth-order valence-electron chi connectivity index (χ4n) is 4.22. The molecule has 0 saturated heterocycles. The van der Waals surface area contributed by atoms with Gasteiger partial charge in [0.25, 0.3) is 0 Å². The second-order valence-corrected chi connectivity index (χ2v) is 8.04. The van der Waals surface area contributed by atoms with E-state index in [9.17, 15) is 9.90 Å². The fraction of sp³-hybridized carbons (Fsp3) is 0.440. The second kappa shape index (κ2) is 10.3. The molecule has 0 heterocycles. The molecule has 0 aromatic heterocycles. The van der Waals surface area contributed by atoms with Gasteiger partial charge < -0.3 is 20.5 Å². The third kappa shape index (κ3) is 5.36. The van der Waals surface area contributed by atoms with E-state index in [1.807, 2.05) is 32.0 Å². The molecule has 1 saturated carbocycles. The first kappa shape index (κ1) is 22.6. The molecule has 1 aliphatic carbocycles. The van der Waals surface area contributed by atoms with Crippen molar-refractivity contribution in [3.05, 3.63) is 59.2 Å². The number of ether oxygens (including phenoxy) is 1. The Morgan fingerprint density at radius 2 is 1.90 bits per heavy atom. The van der Waals surface area contributed by atoms with E-state index in [0.29, 0.717) is 48.2 Å². The van der Waals surface area contributed by atoms with Gasteiger partial charge in [0.05, 0.1) is 18.2 Å². The first-order chi connectivity index (χ1) is 15.0. The number of benzene rings is 2. The van der Waals surface area contributed by atoms with Gasteiger partial charge in [-0.2, -0.15) is 5.26 Å². The van der Waals surface area contributed by atoms with E-state index in [0.717, 1.165) is 5.56 Å². The summed E-state index contributed by atoms with van der Waals surface area (Å²) in [6.45, 7) is 4.96. The lowest BCUT2D eigenvalue weighted by Gasteiger charge is -2.32. The van der Waals surface area contributed by atoms with Crippen molar-refractivity contribution in [3.63, 3.8) is 0 Å². The van der Waals surface area contributed by atoms with Gasteiger partial charge in [0, 0.05) is 18.3 Å². The van der Waals surface area contributed by atoms with Crippen molar-refractivity contribution in [2.75, 3.05) is 11.9 Å². The predicted octanol–water partition coefficient (Wildman–Crippen LogP) is 4.79. The zero-order valence-corrected chi connectivity index (χ0v) is 18.3. The molecule has 2 aromatic carbocycles. The summed E-state index contributed by atoms with van der Waals surface area (Å²) in [4.78, 5) is 12.6. The van der Waals surface area contributed by atoms with Crippen molar-refractivity contribution in [2.24, 2.45) is 0 Å². The quantitative estimate of drug-likeness (QED) is 0.511. The Hall–Kier alpha value is -3.04. The lowest BCUT2D eigenvalue weighted by molar-refractivity contribution is -0.142. The molecule has 0 aliphatic heterocycles. The number of aliphatic carboxylic acids is 1. The number of anilines is 1. The minimum Gasteiger partial charge on any atom is -0.494 e. The summed E-state index contributed by atoms with van der Waals surface area (Å²) in [5.41, 5.74) is 1.52. The number of nitriles is 1. The van der Waals surface area contributed by atoms with Crippen LogP contribution in [0.3, 0.4) is 0 Å². The van der Waals surface area contributed by atoms with Crippen LogP contribution in [-0.2, 0) is 16.9 Å². The van der Waals surface area contributed by atoms with Crippen molar-refractivity contribution in [3.8, 4) is 11.8 Å². The predicted molar refractivity (Wildman–Crippen MR) is 121 cm³/mol. The van der Waals surface area contributed by atoms with Crippen LogP contribution in [0.25, 0.3) is 0 Å². The molecule has 1 unspecified atom stereocenters. The van der Waals surface area contributed by atoms with Gasteiger partial charge in [-0.25, -0.2) is 4.79 Å². The molecular weight excluding hydrogens is 390 g/mol. The van der Waals surface area contributed by atoms with E-state index in [4.69, 9.17) is 10.00 Å². The van der Waals surface area contributed by atoms with Crippen LogP contribution < -0.4 is 15.4 Å². The van der Waals surface area contributed by atoms with Gasteiger partial charge in [0.1, 0.15) is 5.75 Å². The Morgan fingerprint density at radius 1 is 1.19 bits per heavy atom. The molecule has 6 nitrogen and oxygen atoms in total. The van der Waals surface area contributed by atoms with E-state index >= 15 is 0 Å². The molecule has 2 aromatic rings. The van der Waals surface area contributed by atoms with E-state index in [2.05, 4.69) is 16.7 Å². The van der Waals surface area contributed by atoms with Crippen molar-refractivity contribution in [2.45, 2.75) is 64.1 Å². The van der Waals surface area contributed by atoms with E-state index in [1.165, 1.54) is 25.7 Å². The maximum Gasteiger partial charge on any atom is 0.334 e. The van der Waals surface area contributed by atoms with Gasteiger partial charge in [0.15, 0.2) is 5.54 Å². The number of rotatable bonds is 10. The summed E-state index contributed by atoms with van der Waals surface area (Å²) in [7, 11) is 0. The molecule has 6 heteroatoms. The van der Waals surface area contributed by atoms with Gasteiger partial charge in [-0.1, -0.05) is 25.8 Å². The Bertz CT molecular complexity index is 930. The molecule has 0 amide bonds. The number of carbonyl (C=O) groups is 1. The zero-order valence-electron chi connectivity index (χ0n) is 18.3. The average molecular weight is 422 g/mol. The fourth-order valence-corrected chi connectivity index (χ4v) is 4.22. The monoisotopic (exact) mass is 421 g/mol. The van der Waals surface area contributed by atoms with Crippen molar-refractivity contribution >= 4 is 11.7 Å². The topological polar surface area (TPSA) is 94.4 Å². The molecular formula is C25H31N3O3. The Morgan fingerprint density at radius 3 is 2.48 bits per heavy atom. The molecule has 1 atom stereocenters. The number of nitrogens with one attached hydrogen (secondary N) is 2. The molecule has 3 N–H and O–H groups in total. The van der Waals surface area contributed by atoms with Crippen LogP contribution in [0.4, 0.5) is 5.69 Å². The molecule has 1 aliphatic rings. The standard InChI is InChI=1S/C25H31N3O3/c1-3-25(24(29)30,28-22-11-9-18(16-26)10-12-22)20-13-19(14-23(15-20)31-4-2)17-27-21-7-5-6-8-21/h9-15,21,27-28H,3-8,17H2,1-2H3,(H,29,30). The van der Waals surface area contributed by atoms with Crippen LogP contribution >= 0.6 is 0 Å². The maximum absolute atomic E-state index is 12.6. The Labute approximate surface area is 184 Å². The first-order valence-corrected chi connectivity index (χ1v) is 11.0. The highest BCUT2D eigenvalue weighted by Crippen LogP contribution is 2.34. The molecule has 31 heavy (non-hydrogen) atoms. The van der Waals surface area contributed by atoms with Gasteiger partial charge in [-0.3, -0.25) is 0 Å². The minimum absolute atomic E-state index is 0.341. The molecule has 0 bridgehead atoms. The number of hydrogen-bond acceptors (Lipinski definition) is 5. The molecule has 1 fully saturated rings. The normalized spacial score (nSPS) is 15.8. The van der Waals surface area contributed by atoms with Gasteiger partial charge in [0.2, 0.25) is 0 Å². The van der Waals surface area contributed by atoms with Gasteiger partial charge in [-0.05, 0) is 73.7 Å². The Balaban J connectivity index is 1.95. The van der Waals surface area contributed by atoms with Crippen molar-refractivity contribution in [1.82, 2.24) is 5.32 Å². The Kier molecular flexibility index (Phi) is 7.54. The summed E-state index contributed by atoms with van der Waals surface area (Å²) < 4.78 is 5.77. The second-order valence-electron chi connectivity index (χ2n) is 8.04. The van der Waals surface area contributed by atoms with Crippen LogP contribution in [0, 0.1) is 11.3 Å². The highest BCUT2D eigenvalue weighted by molar-refractivity contribution is 5.85. The van der Waals surface area contributed by atoms with E-state index in [-0.39, 0.29) is 0 Å². The summed E-state index contributed by atoms with van der Waals surface area (Å²) >= 11 is 0. The number of nitrogens with zero attached hydrogens (tertiary/aromatic N) is 1. The lowest BCUT2D eigenvalue weighted by atomic mass is 9.85. The first-order valence-electron chi connectivity index (χ1n) is 11.0. The molecule has 3 rings (SSSR count). The number of carboxylic acid groups (broad SMARTS) is 1.